The number of anilines is 1. The van der Waals surface area contributed by atoms with Crippen LogP contribution in [0, 0.1) is 5.92 Å². The molecule has 0 aromatic carbocycles. The van der Waals surface area contributed by atoms with Crippen LogP contribution in [0.1, 0.15) is 25.2 Å². The molecule has 2 heterocycles. The van der Waals surface area contributed by atoms with E-state index in [4.69, 9.17) is 11.6 Å². The average molecular weight is 182 g/mol. The predicted octanol–water partition coefficient (Wildman–Crippen LogP) is -0.755. The number of nitrogens with one attached hydrogen (secondary N) is 1. The van der Waals surface area contributed by atoms with Crippen LogP contribution in [-0.4, -0.2) is 21.4 Å². The second kappa shape index (κ2) is 2.88. The summed E-state index contributed by atoms with van der Waals surface area (Å²) in [5.41, 5.74) is 5.49. The summed E-state index contributed by atoms with van der Waals surface area (Å²) in [6.07, 6.45) is 1.14. The topological polar surface area (TPSA) is 94.8 Å². The molecule has 0 saturated carbocycles. The highest BCUT2D eigenvalue weighted by Gasteiger charge is 2.28. The third-order valence-electron chi connectivity index (χ3n) is 2.56. The van der Waals surface area contributed by atoms with E-state index in [0.29, 0.717) is 5.92 Å². The summed E-state index contributed by atoms with van der Waals surface area (Å²) < 4.78 is 1.35. The highest BCUT2D eigenvalue weighted by Crippen LogP contribution is 2.27. The summed E-state index contributed by atoms with van der Waals surface area (Å²) in [6.45, 7) is 3.16. The van der Waals surface area contributed by atoms with E-state index >= 15 is 0 Å². The fourth-order valence-corrected chi connectivity index (χ4v) is 1.71. The van der Waals surface area contributed by atoms with Gasteiger partial charge < -0.3 is 16.9 Å². The van der Waals surface area contributed by atoms with Crippen LogP contribution in [0.3, 0.4) is 0 Å². The van der Waals surface area contributed by atoms with Crippen molar-refractivity contribution in [3.05, 3.63) is 5.82 Å². The lowest BCUT2D eigenvalue weighted by Gasteiger charge is -2.13. The minimum Gasteiger partial charge on any atom is -0.366 e. The van der Waals surface area contributed by atoms with Gasteiger partial charge in [-0.15, -0.1) is 10.2 Å². The average Bonchev–Trinajstić information content (AvgIpc) is 2.62. The smallest absolute Gasteiger partial charge is 0.240 e. The standard InChI is InChI=1S/C7H14N6/c1-4-2-3-10-5(4)6-11-12-7(8)13(6)9/h4-5,10H,2-3,9H2,1H3,(H2,8,12). The molecule has 2 atom stereocenters. The number of nitrogens with two attached hydrogens (primary N) is 2. The third kappa shape index (κ3) is 1.23. The highest BCUT2D eigenvalue weighted by molar-refractivity contribution is 5.19. The molecule has 2 unspecified atom stereocenters. The van der Waals surface area contributed by atoms with Gasteiger partial charge in [0, 0.05) is 0 Å². The molecule has 0 amide bonds. The Kier molecular flexibility index (Phi) is 1.84. The molecule has 1 aromatic heterocycles. The van der Waals surface area contributed by atoms with Crippen LogP contribution in [0.25, 0.3) is 0 Å². The van der Waals surface area contributed by atoms with E-state index in [1.165, 1.54) is 4.68 Å². The summed E-state index contributed by atoms with van der Waals surface area (Å²) in [5, 5.41) is 11.0. The van der Waals surface area contributed by atoms with Crippen molar-refractivity contribution in [2.45, 2.75) is 19.4 Å². The Labute approximate surface area is 76.3 Å². The van der Waals surface area contributed by atoms with Gasteiger partial charge in [0.1, 0.15) is 0 Å². The normalized spacial score (nSPS) is 28.1. The molecule has 1 fully saturated rings. The SMILES string of the molecule is CC1CCNC1c1nnc(N)n1N. The maximum Gasteiger partial charge on any atom is 0.240 e. The first-order chi connectivity index (χ1) is 6.20. The number of hydrogen-bond donors (Lipinski definition) is 3. The van der Waals surface area contributed by atoms with E-state index in [0.717, 1.165) is 18.8 Å². The van der Waals surface area contributed by atoms with Crippen molar-refractivity contribution >= 4 is 5.95 Å². The minimum atomic E-state index is 0.190. The molecule has 2 rings (SSSR count). The first-order valence-corrected chi connectivity index (χ1v) is 4.39. The zero-order chi connectivity index (χ0) is 9.42. The molecule has 0 radical (unpaired) electrons. The molecule has 0 spiro atoms. The van der Waals surface area contributed by atoms with Gasteiger partial charge in [0.2, 0.25) is 5.95 Å². The summed E-state index contributed by atoms with van der Waals surface area (Å²) >= 11 is 0. The molecule has 6 heteroatoms. The highest BCUT2D eigenvalue weighted by atomic mass is 15.5. The van der Waals surface area contributed by atoms with E-state index < -0.39 is 0 Å². The molecular formula is C7H14N6. The number of rotatable bonds is 1. The van der Waals surface area contributed by atoms with Gasteiger partial charge in [0.25, 0.3) is 0 Å². The summed E-state index contributed by atoms with van der Waals surface area (Å²) in [5.74, 6) is 7.19. The number of aromatic nitrogens is 3. The van der Waals surface area contributed by atoms with Crippen molar-refractivity contribution in [2.75, 3.05) is 18.1 Å². The molecule has 1 aromatic rings. The van der Waals surface area contributed by atoms with Crippen LogP contribution in [-0.2, 0) is 0 Å². The van der Waals surface area contributed by atoms with Gasteiger partial charge in [-0.25, -0.2) is 4.68 Å². The van der Waals surface area contributed by atoms with Crippen LogP contribution in [0.15, 0.2) is 0 Å². The van der Waals surface area contributed by atoms with E-state index in [-0.39, 0.29) is 12.0 Å². The van der Waals surface area contributed by atoms with Gasteiger partial charge in [-0.05, 0) is 18.9 Å². The van der Waals surface area contributed by atoms with Gasteiger partial charge >= 0.3 is 0 Å². The molecule has 0 bridgehead atoms. The van der Waals surface area contributed by atoms with Gasteiger partial charge in [-0.1, -0.05) is 6.92 Å². The van der Waals surface area contributed by atoms with Crippen molar-refractivity contribution < 1.29 is 0 Å². The number of hydrogen-bond acceptors (Lipinski definition) is 5. The van der Waals surface area contributed by atoms with Gasteiger partial charge in [-0.2, -0.15) is 0 Å². The maximum absolute atomic E-state index is 5.67. The Hall–Kier alpha value is -1.30. The monoisotopic (exact) mass is 182 g/mol. The van der Waals surface area contributed by atoms with Crippen molar-refractivity contribution in [1.82, 2.24) is 20.2 Å². The van der Waals surface area contributed by atoms with Crippen LogP contribution in [0.4, 0.5) is 5.95 Å². The van der Waals surface area contributed by atoms with Crippen LogP contribution >= 0.6 is 0 Å². The van der Waals surface area contributed by atoms with E-state index in [1.54, 1.807) is 0 Å². The van der Waals surface area contributed by atoms with Gasteiger partial charge in [-0.3, -0.25) is 0 Å². The largest absolute Gasteiger partial charge is 0.366 e. The van der Waals surface area contributed by atoms with E-state index in [9.17, 15) is 0 Å². The number of nitrogens with zero attached hydrogens (tertiary/aromatic N) is 3. The molecule has 5 N–H and O–H groups in total. The van der Waals surface area contributed by atoms with Gasteiger partial charge in [0.15, 0.2) is 5.82 Å². The Morgan fingerprint density at radius 3 is 2.77 bits per heavy atom. The zero-order valence-corrected chi connectivity index (χ0v) is 7.57. The second-order valence-corrected chi connectivity index (χ2v) is 3.48. The van der Waals surface area contributed by atoms with Crippen LogP contribution in [0.5, 0.6) is 0 Å². The Balaban J connectivity index is 2.29. The lowest BCUT2D eigenvalue weighted by atomic mass is 10.0. The zero-order valence-electron chi connectivity index (χ0n) is 7.57. The first kappa shape index (κ1) is 8.31. The van der Waals surface area contributed by atoms with E-state index in [2.05, 4.69) is 22.4 Å². The fourth-order valence-electron chi connectivity index (χ4n) is 1.71. The van der Waals surface area contributed by atoms with Crippen molar-refractivity contribution in [3.63, 3.8) is 0 Å². The molecule has 1 aliphatic rings. The Morgan fingerprint density at radius 1 is 1.54 bits per heavy atom. The lowest BCUT2D eigenvalue weighted by molar-refractivity contribution is 0.470. The summed E-state index contributed by atoms with van der Waals surface area (Å²) in [4.78, 5) is 0. The van der Waals surface area contributed by atoms with Crippen LogP contribution in [0.2, 0.25) is 0 Å². The molecular weight excluding hydrogens is 168 g/mol. The molecule has 13 heavy (non-hydrogen) atoms. The minimum absolute atomic E-state index is 0.190. The molecule has 0 aliphatic carbocycles. The predicted molar refractivity (Wildman–Crippen MR) is 49.1 cm³/mol. The quantitative estimate of drug-likeness (QED) is 0.496. The Bertz CT molecular complexity index is 306. The van der Waals surface area contributed by atoms with Crippen molar-refractivity contribution in [1.29, 1.82) is 0 Å². The first-order valence-electron chi connectivity index (χ1n) is 4.39. The van der Waals surface area contributed by atoms with Crippen molar-refractivity contribution in [2.24, 2.45) is 5.92 Å². The molecule has 72 valence electrons. The lowest BCUT2D eigenvalue weighted by Crippen LogP contribution is -2.25. The van der Waals surface area contributed by atoms with Gasteiger partial charge in [0.05, 0.1) is 6.04 Å². The fraction of sp³-hybridized carbons (Fsp3) is 0.714. The number of nitrogen functional groups attached to an aromatic ring is 2. The molecule has 1 aliphatic heterocycles. The maximum atomic E-state index is 5.67. The molecule has 1 saturated heterocycles. The summed E-state index contributed by atoms with van der Waals surface area (Å²) in [6, 6.07) is 0.190. The second-order valence-electron chi connectivity index (χ2n) is 3.48. The third-order valence-corrected chi connectivity index (χ3v) is 2.56. The van der Waals surface area contributed by atoms with E-state index in [1.807, 2.05) is 0 Å². The molecule has 6 nitrogen and oxygen atoms in total. The summed E-state index contributed by atoms with van der Waals surface area (Å²) in [7, 11) is 0. The van der Waals surface area contributed by atoms with Crippen molar-refractivity contribution in [3.8, 4) is 0 Å². The van der Waals surface area contributed by atoms with Crippen LogP contribution < -0.4 is 16.9 Å². The Morgan fingerprint density at radius 2 is 2.31 bits per heavy atom.